The fourth-order valence-corrected chi connectivity index (χ4v) is 3.37. The van der Waals surface area contributed by atoms with Gasteiger partial charge in [0.15, 0.2) is 0 Å². The molecular formula is C16H23Cl2NO2. The Morgan fingerprint density at radius 3 is 2.57 bits per heavy atom. The van der Waals surface area contributed by atoms with Crippen LogP contribution in [-0.4, -0.2) is 41.3 Å². The number of nitrogens with zero attached hydrogens (tertiary/aromatic N) is 1. The molecule has 1 aromatic rings. The number of aliphatic hydroxyl groups excluding tert-OH is 1. The van der Waals surface area contributed by atoms with Gasteiger partial charge >= 0.3 is 0 Å². The lowest BCUT2D eigenvalue weighted by molar-refractivity contribution is 0.0209. The van der Waals surface area contributed by atoms with E-state index in [1.807, 2.05) is 0 Å². The quantitative estimate of drug-likeness (QED) is 0.885. The van der Waals surface area contributed by atoms with E-state index >= 15 is 0 Å². The SMILES string of the molecule is C[C@@H]1CCC[C@@H](C)N1C[C@H](O)COc1ccc(Cl)cc1Cl. The van der Waals surface area contributed by atoms with Gasteiger partial charge in [0.05, 0.1) is 5.02 Å². The zero-order chi connectivity index (χ0) is 15.4. The Morgan fingerprint density at radius 1 is 1.29 bits per heavy atom. The molecule has 1 N–H and O–H groups in total. The predicted molar refractivity (Wildman–Crippen MR) is 87.4 cm³/mol. The predicted octanol–water partition coefficient (Wildman–Crippen LogP) is 4.00. The Morgan fingerprint density at radius 2 is 1.95 bits per heavy atom. The largest absolute Gasteiger partial charge is 0.489 e. The minimum absolute atomic E-state index is 0.233. The number of hydrogen-bond acceptors (Lipinski definition) is 3. The highest BCUT2D eigenvalue weighted by atomic mass is 35.5. The first-order valence-corrected chi connectivity index (χ1v) is 8.24. The van der Waals surface area contributed by atoms with E-state index < -0.39 is 6.10 Å². The van der Waals surface area contributed by atoms with Crippen LogP contribution in [0.4, 0.5) is 0 Å². The molecule has 21 heavy (non-hydrogen) atoms. The van der Waals surface area contributed by atoms with E-state index in [2.05, 4.69) is 18.7 Å². The van der Waals surface area contributed by atoms with Crippen LogP contribution in [0.3, 0.4) is 0 Å². The molecule has 0 bridgehead atoms. The van der Waals surface area contributed by atoms with Crippen LogP contribution in [0.2, 0.25) is 10.0 Å². The van der Waals surface area contributed by atoms with Gasteiger partial charge in [0.1, 0.15) is 18.5 Å². The van der Waals surface area contributed by atoms with Gasteiger partial charge in [0.25, 0.3) is 0 Å². The van der Waals surface area contributed by atoms with Crippen LogP contribution in [0, 0.1) is 0 Å². The molecule has 0 amide bonds. The van der Waals surface area contributed by atoms with Gasteiger partial charge in [0.2, 0.25) is 0 Å². The molecule has 1 saturated heterocycles. The number of likely N-dealkylation sites (tertiary alicyclic amines) is 1. The summed E-state index contributed by atoms with van der Waals surface area (Å²) in [4.78, 5) is 2.36. The summed E-state index contributed by atoms with van der Waals surface area (Å²) in [5.74, 6) is 0.555. The molecule has 1 aliphatic rings. The lowest BCUT2D eigenvalue weighted by atomic mass is 9.97. The fraction of sp³-hybridized carbons (Fsp3) is 0.625. The standard InChI is InChI=1S/C16H23Cl2NO2/c1-11-4-3-5-12(2)19(11)9-14(20)10-21-16-7-6-13(17)8-15(16)18/h6-8,11-12,14,20H,3-5,9-10H2,1-2H3/t11-,12-,14+/m1/s1. The molecule has 1 heterocycles. The van der Waals surface area contributed by atoms with Crippen molar-refractivity contribution in [2.75, 3.05) is 13.2 Å². The normalized spacial score (nSPS) is 24.8. The van der Waals surface area contributed by atoms with E-state index in [-0.39, 0.29) is 6.61 Å². The summed E-state index contributed by atoms with van der Waals surface area (Å²) in [7, 11) is 0. The Balaban J connectivity index is 1.85. The Hall–Kier alpha value is -0.480. The van der Waals surface area contributed by atoms with Crippen LogP contribution in [0.5, 0.6) is 5.75 Å². The Labute approximate surface area is 136 Å². The summed E-state index contributed by atoms with van der Waals surface area (Å²) in [6, 6.07) is 6.12. The zero-order valence-corrected chi connectivity index (χ0v) is 14.1. The van der Waals surface area contributed by atoms with Crippen molar-refractivity contribution in [2.45, 2.75) is 51.3 Å². The van der Waals surface area contributed by atoms with Crippen molar-refractivity contribution in [3.63, 3.8) is 0 Å². The highest BCUT2D eigenvalue weighted by Gasteiger charge is 2.26. The Kier molecular flexibility index (Phi) is 6.18. The third kappa shape index (κ3) is 4.75. The maximum absolute atomic E-state index is 10.2. The zero-order valence-electron chi connectivity index (χ0n) is 12.6. The Bertz CT molecular complexity index is 460. The number of aliphatic hydroxyl groups is 1. The molecule has 0 spiro atoms. The maximum atomic E-state index is 10.2. The van der Waals surface area contributed by atoms with Gasteiger partial charge in [-0.15, -0.1) is 0 Å². The van der Waals surface area contributed by atoms with Gasteiger partial charge in [0, 0.05) is 23.7 Å². The molecule has 0 aromatic heterocycles. The fourth-order valence-electron chi connectivity index (χ4n) is 2.91. The highest BCUT2D eigenvalue weighted by Crippen LogP contribution is 2.28. The number of piperidine rings is 1. The van der Waals surface area contributed by atoms with Crippen LogP contribution < -0.4 is 4.74 Å². The summed E-state index contributed by atoms with van der Waals surface area (Å²) < 4.78 is 5.60. The van der Waals surface area contributed by atoms with Crippen LogP contribution in [0.15, 0.2) is 18.2 Å². The van der Waals surface area contributed by atoms with Crippen molar-refractivity contribution in [3.8, 4) is 5.75 Å². The molecule has 0 saturated carbocycles. The smallest absolute Gasteiger partial charge is 0.138 e. The summed E-state index contributed by atoms with van der Waals surface area (Å²) in [5.41, 5.74) is 0. The second kappa shape index (κ2) is 7.68. The maximum Gasteiger partial charge on any atom is 0.138 e. The number of halogens is 2. The molecule has 1 aliphatic heterocycles. The molecule has 3 nitrogen and oxygen atoms in total. The third-order valence-electron chi connectivity index (χ3n) is 4.12. The molecule has 1 aromatic carbocycles. The van der Waals surface area contributed by atoms with Crippen molar-refractivity contribution in [1.82, 2.24) is 4.90 Å². The van der Waals surface area contributed by atoms with Gasteiger partial charge in [-0.2, -0.15) is 0 Å². The molecule has 0 radical (unpaired) electrons. The second-order valence-electron chi connectivity index (χ2n) is 5.87. The number of benzene rings is 1. The van der Waals surface area contributed by atoms with Gasteiger partial charge in [-0.3, -0.25) is 4.90 Å². The van der Waals surface area contributed by atoms with Crippen molar-refractivity contribution in [2.24, 2.45) is 0 Å². The van der Waals surface area contributed by atoms with E-state index in [1.165, 1.54) is 19.3 Å². The first-order valence-electron chi connectivity index (χ1n) is 7.49. The van der Waals surface area contributed by atoms with Gasteiger partial charge in [-0.25, -0.2) is 0 Å². The summed E-state index contributed by atoms with van der Waals surface area (Å²) >= 11 is 11.9. The number of ether oxygens (including phenoxy) is 1. The van der Waals surface area contributed by atoms with Crippen LogP contribution >= 0.6 is 23.2 Å². The molecular weight excluding hydrogens is 309 g/mol. The molecule has 1 fully saturated rings. The number of β-amino-alcohol motifs (C(OH)–C–C–N with tert-alkyl or cyclic N) is 1. The monoisotopic (exact) mass is 331 g/mol. The first-order chi connectivity index (χ1) is 9.97. The van der Waals surface area contributed by atoms with Crippen LogP contribution in [0.25, 0.3) is 0 Å². The van der Waals surface area contributed by atoms with Gasteiger partial charge in [-0.05, 0) is 44.9 Å². The number of hydrogen-bond donors (Lipinski definition) is 1. The van der Waals surface area contributed by atoms with Crippen LogP contribution in [-0.2, 0) is 0 Å². The minimum atomic E-state index is -0.528. The molecule has 118 valence electrons. The van der Waals surface area contributed by atoms with Crippen molar-refractivity contribution in [1.29, 1.82) is 0 Å². The van der Waals surface area contributed by atoms with Crippen molar-refractivity contribution < 1.29 is 9.84 Å². The summed E-state index contributed by atoms with van der Waals surface area (Å²) in [6.07, 6.45) is 3.13. The average Bonchev–Trinajstić information content (AvgIpc) is 2.42. The topological polar surface area (TPSA) is 32.7 Å². The molecule has 3 atom stereocenters. The molecule has 0 unspecified atom stereocenters. The van der Waals surface area contributed by atoms with Crippen molar-refractivity contribution in [3.05, 3.63) is 28.2 Å². The van der Waals surface area contributed by atoms with Crippen LogP contribution in [0.1, 0.15) is 33.1 Å². The lowest BCUT2D eigenvalue weighted by Gasteiger charge is -2.40. The van der Waals surface area contributed by atoms with E-state index in [9.17, 15) is 5.11 Å². The van der Waals surface area contributed by atoms with E-state index in [4.69, 9.17) is 27.9 Å². The summed E-state index contributed by atoms with van der Waals surface area (Å²) in [5, 5.41) is 11.2. The van der Waals surface area contributed by atoms with Crippen molar-refractivity contribution >= 4 is 23.2 Å². The third-order valence-corrected chi connectivity index (χ3v) is 4.65. The lowest BCUT2D eigenvalue weighted by Crippen LogP contribution is -2.48. The number of rotatable bonds is 5. The van der Waals surface area contributed by atoms with E-state index in [0.29, 0.717) is 34.4 Å². The highest BCUT2D eigenvalue weighted by molar-refractivity contribution is 6.35. The van der Waals surface area contributed by atoms with E-state index in [0.717, 1.165) is 0 Å². The molecule has 0 aliphatic carbocycles. The van der Waals surface area contributed by atoms with E-state index in [1.54, 1.807) is 18.2 Å². The summed E-state index contributed by atoms with van der Waals surface area (Å²) in [6.45, 7) is 5.31. The molecule has 2 rings (SSSR count). The van der Waals surface area contributed by atoms with Gasteiger partial charge < -0.3 is 9.84 Å². The first kappa shape index (κ1) is 16.9. The minimum Gasteiger partial charge on any atom is -0.489 e. The molecule has 5 heteroatoms. The second-order valence-corrected chi connectivity index (χ2v) is 6.71. The average molecular weight is 332 g/mol. The van der Waals surface area contributed by atoms with Gasteiger partial charge in [-0.1, -0.05) is 29.6 Å².